The quantitative estimate of drug-likeness (QED) is 0.193. The number of hydrogen-bond acceptors (Lipinski definition) is 3. The molecule has 3 heteroatoms. The highest BCUT2D eigenvalue weighted by molar-refractivity contribution is 6.27. The Morgan fingerprint density at radius 1 is 0.561 bits per heavy atom. The summed E-state index contributed by atoms with van der Waals surface area (Å²) in [6, 6.07) is 49.2. The summed E-state index contributed by atoms with van der Waals surface area (Å²) in [5.41, 5.74) is 6.18. The van der Waals surface area contributed by atoms with Gasteiger partial charge in [0.2, 0.25) is 0 Å². The minimum absolute atomic E-state index is 0.643. The molecule has 0 radical (unpaired) electrons. The van der Waals surface area contributed by atoms with Crippen molar-refractivity contribution in [3.8, 4) is 6.07 Å². The third kappa shape index (κ3) is 4.31. The lowest BCUT2D eigenvalue weighted by molar-refractivity contribution is 0.880. The van der Waals surface area contributed by atoms with Crippen molar-refractivity contribution in [2.24, 2.45) is 0 Å². The number of anilines is 4. The molecule has 7 aromatic rings. The number of benzene rings is 7. The van der Waals surface area contributed by atoms with Crippen LogP contribution in [0.4, 0.5) is 22.7 Å². The van der Waals surface area contributed by atoms with Gasteiger partial charge in [-0.3, -0.25) is 0 Å². The Morgan fingerprint density at radius 2 is 1.12 bits per heavy atom. The van der Waals surface area contributed by atoms with E-state index < -0.39 is 0 Å². The zero-order valence-electron chi connectivity index (χ0n) is 23.0. The highest BCUT2D eigenvalue weighted by Crippen LogP contribution is 2.45. The van der Waals surface area contributed by atoms with Crippen LogP contribution in [-0.2, 0) is 6.42 Å². The van der Waals surface area contributed by atoms with Crippen molar-refractivity contribution in [2.75, 3.05) is 23.4 Å². The lowest BCUT2D eigenvalue weighted by Crippen LogP contribution is -2.20. The van der Waals surface area contributed by atoms with Gasteiger partial charge in [0, 0.05) is 35.7 Å². The molecule has 0 spiro atoms. The summed E-state index contributed by atoms with van der Waals surface area (Å²) in [7, 11) is 2.19. The molecule has 0 N–H and O–H groups in total. The molecular weight excluding hydrogens is 498 g/mol. The Hall–Kier alpha value is -5.33. The fourth-order valence-electron chi connectivity index (χ4n) is 6.11. The van der Waals surface area contributed by atoms with Gasteiger partial charge in [0.05, 0.1) is 16.9 Å². The van der Waals surface area contributed by atoms with E-state index >= 15 is 0 Å². The van der Waals surface area contributed by atoms with Gasteiger partial charge in [-0.15, -0.1) is 0 Å². The molecule has 0 saturated carbocycles. The van der Waals surface area contributed by atoms with Crippen LogP contribution in [0, 0.1) is 11.3 Å². The molecular formula is C38H29N3. The van der Waals surface area contributed by atoms with E-state index in [-0.39, 0.29) is 0 Å². The summed E-state index contributed by atoms with van der Waals surface area (Å²) >= 11 is 0. The van der Waals surface area contributed by atoms with Crippen molar-refractivity contribution in [2.45, 2.75) is 6.42 Å². The lowest BCUT2D eigenvalue weighted by atomic mass is 9.92. The van der Waals surface area contributed by atoms with Gasteiger partial charge in [0.15, 0.2) is 0 Å². The molecule has 0 amide bonds. The van der Waals surface area contributed by atoms with E-state index in [0.717, 1.165) is 30.0 Å². The molecule has 0 aromatic heterocycles. The first-order valence-electron chi connectivity index (χ1n) is 14.0. The van der Waals surface area contributed by atoms with Crippen molar-refractivity contribution in [3.63, 3.8) is 0 Å². The van der Waals surface area contributed by atoms with Crippen molar-refractivity contribution >= 4 is 55.1 Å². The predicted octanol–water partition coefficient (Wildman–Crippen LogP) is 9.60. The molecule has 0 aliphatic rings. The second-order valence-electron chi connectivity index (χ2n) is 10.5. The number of rotatable bonds is 7. The van der Waals surface area contributed by atoms with Crippen LogP contribution in [0.5, 0.6) is 0 Å². The maximum Gasteiger partial charge on any atom is 0.101 e. The summed E-state index contributed by atoms with van der Waals surface area (Å²) < 4.78 is 0. The van der Waals surface area contributed by atoms with Crippen LogP contribution in [0.15, 0.2) is 133 Å². The largest absolute Gasteiger partial charge is 0.374 e. The van der Waals surface area contributed by atoms with E-state index in [1.807, 2.05) is 42.5 Å². The zero-order valence-corrected chi connectivity index (χ0v) is 23.0. The first-order chi connectivity index (χ1) is 20.2. The van der Waals surface area contributed by atoms with E-state index in [1.165, 1.54) is 43.6 Å². The fourth-order valence-corrected chi connectivity index (χ4v) is 6.11. The molecule has 7 aromatic carbocycles. The molecule has 0 atom stereocenters. The van der Waals surface area contributed by atoms with Crippen molar-refractivity contribution in [1.29, 1.82) is 5.26 Å². The van der Waals surface area contributed by atoms with E-state index in [0.29, 0.717) is 5.56 Å². The van der Waals surface area contributed by atoms with Gasteiger partial charge >= 0.3 is 0 Å². The number of hydrogen-bond donors (Lipinski definition) is 0. The molecule has 0 aliphatic heterocycles. The van der Waals surface area contributed by atoms with Gasteiger partial charge < -0.3 is 9.80 Å². The van der Waals surface area contributed by atoms with Gasteiger partial charge in [-0.05, 0) is 69.9 Å². The average molecular weight is 528 g/mol. The maximum atomic E-state index is 10.0. The van der Waals surface area contributed by atoms with E-state index in [4.69, 9.17) is 0 Å². The minimum atomic E-state index is 0.643. The number of para-hydroxylation sites is 2. The molecule has 3 nitrogen and oxygen atoms in total. The Morgan fingerprint density at radius 3 is 1.80 bits per heavy atom. The third-order valence-corrected chi connectivity index (χ3v) is 8.13. The standard InChI is InChI=1S/C38H29N3/c1-40(25-24-27-10-4-2-5-11-27)35-22-18-28-17-21-33-36(23-19-29-16-20-32(35)37(28)38(29)33)41(31-13-6-3-7-14-31)34-15-9-8-12-30(34)26-39/h2-23H,24-25H2,1H3. The molecule has 0 aliphatic carbocycles. The first kappa shape index (κ1) is 24.7. The second kappa shape index (κ2) is 10.3. The van der Waals surface area contributed by atoms with Crippen LogP contribution >= 0.6 is 0 Å². The molecule has 0 bridgehead atoms. The van der Waals surface area contributed by atoms with Crippen molar-refractivity contribution in [3.05, 3.63) is 145 Å². The Kier molecular flexibility index (Phi) is 6.22. The molecule has 41 heavy (non-hydrogen) atoms. The fraction of sp³-hybridized carbons (Fsp3) is 0.0789. The monoisotopic (exact) mass is 527 g/mol. The summed E-state index contributed by atoms with van der Waals surface area (Å²) in [4.78, 5) is 4.59. The van der Waals surface area contributed by atoms with Crippen LogP contribution in [0.3, 0.4) is 0 Å². The molecule has 0 fully saturated rings. The van der Waals surface area contributed by atoms with Gasteiger partial charge in [-0.2, -0.15) is 5.26 Å². The van der Waals surface area contributed by atoms with E-state index in [1.54, 1.807) is 0 Å². The van der Waals surface area contributed by atoms with Crippen LogP contribution in [0.1, 0.15) is 11.1 Å². The van der Waals surface area contributed by atoms with E-state index in [2.05, 4.69) is 114 Å². The number of nitriles is 1. The molecule has 7 rings (SSSR count). The van der Waals surface area contributed by atoms with Crippen molar-refractivity contribution < 1.29 is 0 Å². The van der Waals surface area contributed by atoms with Crippen LogP contribution < -0.4 is 9.80 Å². The van der Waals surface area contributed by atoms with Crippen LogP contribution in [0.25, 0.3) is 32.3 Å². The average Bonchev–Trinajstić information content (AvgIpc) is 3.04. The lowest BCUT2D eigenvalue weighted by Gasteiger charge is -2.28. The van der Waals surface area contributed by atoms with Crippen molar-refractivity contribution in [1.82, 2.24) is 0 Å². The van der Waals surface area contributed by atoms with Gasteiger partial charge in [-0.1, -0.05) is 97.1 Å². The molecule has 0 heterocycles. The smallest absolute Gasteiger partial charge is 0.101 e. The maximum absolute atomic E-state index is 10.0. The highest BCUT2D eigenvalue weighted by Gasteiger charge is 2.21. The predicted molar refractivity (Wildman–Crippen MR) is 173 cm³/mol. The zero-order chi connectivity index (χ0) is 27.8. The highest BCUT2D eigenvalue weighted by atomic mass is 15.1. The Bertz CT molecular complexity index is 2020. The topological polar surface area (TPSA) is 30.3 Å². The van der Waals surface area contributed by atoms with Gasteiger partial charge in [0.1, 0.15) is 6.07 Å². The summed E-state index contributed by atoms with van der Waals surface area (Å²) in [5, 5.41) is 17.4. The molecule has 0 unspecified atom stereocenters. The summed E-state index contributed by atoms with van der Waals surface area (Å²) in [6.45, 7) is 0.936. The van der Waals surface area contributed by atoms with Gasteiger partial charge in [-0.25, -0.2) is 0 Å². The Balaban J connectivity index is 1.42. The van der Waals surface area contributed by atoms with E-state index in [9.17, 15) is 5.26 Å². The number of likely N-dealkylation sites (N-methyl/N-ethyl adjacent to an activating group) is 1. The van der Waals surface area contributed by atoms with Crippen LogP contribution in [0.2, 0.25) is 0 Å². The Labute approximate surface area is 240 Å². The summed E-state index contributed by atoms with van der Waals surface area (Å²) in [6.07, 6.45) is 0.994. The number of nitrogens with zero attached hydrogens (tertiary/aromatic N) is 3. The SMILES string of the molecule is CN(CCc1ccccc1)c1ccc2ccc3c(N(c4ccccc4)c4ccccc4C#N)ccc4ccc1c2c43. The first-order valence-corrected chi connectivity index (χ1v) is 14.0. The summed E-state index contributed by atoms with van der Waals surface area (Å²) in [5.74, 6) is 0. The van der Waals surface area contributed by atoms with Crippen LogP contribution in [-0.4, -0.2) is 13.6 Å². The second-order valence-corrected chi connectivity index (χ2v) is 10.5. The van der Waals surface area contributed by atoms with Gasteiger partial charge in [0.25, 0.3) is 0 Å². The molecule has 0 saturated heterocycles. The minimum Gasteiger partial charge on any atom is -0.374 e. The third-order valence-electron chi connectivity index (χ3n) is 8.13. The normalized spacial score (nSPS) is 11.2. The molecule has 196 valence electrons.